The van der Waals surface area contributed by atoms with Gasteiger partial charge in [0.2, 0.25) is 5.56 Å². The lowest BCUT2D eigenvalue weighted by molar-refractivity contribution is 0.835. The average Bonchev–Trinajstić information content (AvgIpc) is 2.43. The summed E-state index contributed by atoms with van der Waals surface area (Å²) in [5.74, 6) is 0.552. The minimum absolute atomic E-state index is 0.00416. The van der Waals surface area contributed by atoms with E-state index in [2.05, 4.69) is 50.4 Å². The van der Waals surface area contributed by atoms with Crippen LogP contribution in [0.1, 0.15) is 43.9 Å². The van der Waals surface area contributed by atoms with E-state index in [0.717, 1.165) is 5.69 Å². The summed E-state index contributed by atoms with van der Waals surface area (Å²) in [4.78, 5) is 11.4. The van der Waals surface area contributed by atoms with Gasteiger partial charge in [0.15, 0.2) is 0 Å². The fourth-order valence-corrected chi connectivity index (χ4v) is 2.18. The van der Waals surface area contributed by atoms with Crippen LogP contribution in [-0.4, -0.2) is 4.57 Å². The lowest BCUT2D eigenvalue weighted by Crippen LogP contribution is -2.16. The van der Waals surface area contributed by atoms with Crippen molar-refractivity contribution in [2.24, 2.45) is 7.05 Å². The van der Waals surface area contributed by atoms with E-state index in [-0.39, 0.29) is 11.6 Å². The van der Waals surface area contributed by atoms with Crippen molar-refractivity contribution in [3.8, 4) is 0 Å². The van der Waals surface area contributed by atoms with Crippen LogP contribution < -0.4 is 10.9 Å². The molecular formula is C17H22N2O. The van der Waals surface area contributed by atoms with Crippen LogP contribution in [0.5, 0.6) is 0 Å². The van der Waals surface area contributed by atoms with Crippen LogP contribution in [0.2, 0.25) is 0 Å². The monoisotopic (exact) mass is 270 g/mol. The second-order valence-corrected chi connectivity index (χ2v) is 5.55. The first-order valence-corrected chi connectivity index (χ1v) is 7.00. The average molecular weight is 270 g/mol. The zero-order valence-electron chi connectivity index (χ0n) is 12.6. The molecule has 3 nitrogen and oxygen atoms in total. The SMILES string of the molecule is CC(C)c1ccc(C(C)Nc2ccc(=O)n(C)c2)cc1. The molecule has 0 radical (unpaired) electrons. The van der Waals surface area contributed by atoms with Crippen LogP contribution in [0.3, 0.4) is 0 Å². The molecule has 1 aromatic heterocycles. The molecule has 106 valence electrons. The first kappa shape index (κ1) is 14.4. The molecule has 1 N–H and O–H groups in total. The van der Waals surface area contributed by atoms with Gasteiger partial charge in [0.05, 0.1) is 5.69 Å². The lowest BCUT2D eigenvalue weighted by atomic mass is 9.99. The molecule has 1 unspecified atom stereocenters. The van der Waals surface area contributed by atoms with Crippen molar-refractivity contribution in [1.82, 2.24) is 4.57 Å². The van der Waals surface area contributed by atoms with E-state index in [4.69, 9.17) is 0 Å². The Balaban J connectivity index is 2.12. The summed E-state index contributed by atoms with van der Waals surface area (Å²) in [6, 6.07) is 12.3. The second-order valence-electron chi connectivity index (χ2n) is 5.55. The van der Waals surface area contributed by atoms with Gasteiger partial charge in [-0.25, -0.2) is 0 Å². The fourth-order valence-electron chi connectivity index (χ4n) is 2.18. The minimum Gasteiger partial charge on any atom is -0.377 e. The third-order valence-corrected chi connectivity index (χ3v) is 3.57. The molecule has 0 amide bonds. The molecule has 1 atom stereocenters. The van der Waals surface area contributed by atoms with E-state index in [0.29, 0.717) is 5.92 Å². The molecule has 0 saturated heterocycles. The smallest absolute Gasteiger partial charge is 0.250 e. The Morgan fingerprint density at radius 3 is 2.10 bits per heavy atom. The van der Waals surface area contributed by atoms with Crippen molar-refractivity contribution in [3.63, 3.8) is 0 Å². The third-order valence-electron chi connectivity index (χ3n) is 3.57. The maximum atomic E-state index is 11.4. The summed E-state index contributed by atoms with van der Waals surface area (Å²) in [5, 5.41) is 3.42. The molecule has 0 spiro atoms. The van der Waals surface area contributed by atoms with Crippen LogP contribution in [0.15, 0.2) is 47.4 Å². The van der Waals surface area contributed by atoms with Crippen molar-refractivity contribution < 1.29 is 0 Å². The van der Waals surface area contributed by atoms with Gasteiger partial charge in [0.1, 0.15) is 0 Å². The van der Waals surface area contributed by atoms with Crippen LogP contribution >= 0.6 is 0 Å². The number of pyridine rings is 1. The van der Waals surface area contributed by atoms with E-state index in [1.54, 1.807) is 17.7 Å². The zero-order chi connectivity index (χ0) is 14.7. The van der Waals surface area contributed by atoms with Crippen molar-refractivity contribution >= 4 is 5.69 Å². The van der Waals surface area contributed by atoms with E-state index in [1.807, 2.05) is 12.3 Å². The predicted molar refractivity (Wildman–Crippen MR) is 84.3 cm³/mol. The van der Waals surface area contributed by atoms with Gasteiger partial charge in [-0.1, -0.05) is 38.1 Å². The maximum absolute atomic E-state index is 11.4. The highest BCUT2D eigenvalue weighted by Gasteiger charge is 2.06. The number of nitrogens with one attached hydrogen (secondary N) is 1. The third kappa shape index (κ3) is 3.29. The molecular weight excluding hydrogens is 248 g/mol. The molecule has 0 bridgehead atoms. The molecule has 2 aromatic rings. The van der Waals surface area contributed by atoms with Crippen LogP contribution in [-0.2, 0) is 7.05 Å². The van der Waals surface area contributed by atoms with E-state index < -0.39 is 0 Å². The highest BCUT2D eigenvalue weighted by Crippen LogP contribution is 2.21. The van der Waals surface area contributed by atoms with Gasteiger partial charge in [0, 0.05) is 25.4 Å². The predicted octanol–water partition coefficient (Wildman–Crippen LogP) is 3.68. The highest BCUT2D eigenvalue weighted by molar-refractivity contribution is 5.43. The normalized spacial score (nSPS) is 12.4. The van der Waals surface area contributed by atoms with Crippen molar-refractivity contribution in [1.29, 1.82) is 0 Å². The topological polar surface area (TPSA) is 34.0 Å². The molecule has 1 heterocycles. The van der Waals surface area contributed by atoms with Gasteiger partial charge in [0.25, 0.3) is 0 Å². The van der Waals surface area contributed by atoms with Gasteiger partial charge in [-0.05, 0) is 30.0 Å². The first-order valence-electron chi connectivity index (χ1n) is 7.00. The Morgan fingerprint density at radius 2 is 1.55 bits per heavy atom. The summed E-state index contributed by atoms with van der Waals surface area (Å²) in [5.41, 5.74) is 3.54. The number of hydrogen-bond acceptors (Lipinski definition) is 2. The van der Waals surface area contributed by atoms with Gasteiger partial charge in [-0.3, -0.25) is 4.79 Å². The highest BCUT2D eigenvalue weighted by atomic mass is 16.1. The number of anilines is 1. The van der Waals surface area contributed by atoms with Crippen molar-refractivity contribution in [3.05, 3.63) is 64.1 Å². The fraction of sp³-hybridized carbons (Fsp3) is 0.353. The Labute approximate surface area is 120 Å². The summed E-state index contributed by atoms with van der Waals surface area (Å²) >= 11 is 0. The van der Waals surface area contributed by atoms with Crippen LogP contribution in [0.4, 0.5) is 5.69 Å². The van der Waals surface area contributed by atoms with Crippen molar-refractivity contribution in [2.75, 3.05) is 5.32 Å². The molecule has 2 rings (SSSR count). The number of benzene rings is 1. The van der Waals surface area contributed by atoms with E-state index in [1.165, 1.54) is 11.1 Å². The molecule has 1 aromatic carbocycles. The number of hydrogen-bond donors (Lipinski definition) is 1. The summed E-state index contributed by atoms with van der Waals surface area (Å²) in [6.07, 6.45) is 1.82. The van der Waals surface area contributed by atoms with Gasteiger partial charge >= 0.3 is 0 Å². The van der Waals surface area contributed by atoms with E-state index >= 15 is 0 Å². The van der Waals surface area contributed by atoms with Gasteiger partial charge in [-0.15, -0.1) is 0 Å². The number of aromatic nitrogens is 1. The zero-order valence-corrected chi connectivity index (χ0v) is 12.6. The molecule has 0 aliphatic heterocycles. The molecule has 3 heteroatoms. The Hall–Kier alpha value is -2.03. The minimum atomic E-state index is 0.00416. The number of aryl methyl sites for hydroxylation is 1. The Morgan fingerprint density at radius 1 is 0.950 bits per heavy atom. The quantitative estimate of drug-likeness (QED) is 0.919. The Bertz CT molecular complexity index is 626. The molecule has 20 heavy (non-hydrogen) atoms. The van der Waals surface area contributed by atoms with Gasteiger partial charge in [-0.2, -0.15) is 0 Å². The summed E-state index contributed by atoms with van der Waals surface area (Å²) in [6.45, 7) is 6.51. The molecule has 0 fully saturated rings. The van der Waals surface area contributed by atoms with E-state index in [9.17, 15) is 4.79 Å². The van der Waals surface area contributed by atoms with Crippen LogP contribution in [0, 0.1) is 0 Å². The number of rotatable bonds is 4. The second kappa shape index (κ2) is 5.95. The maximum Gasteiger partial charge on any atom is 0.250 e. The standard InChI is InChI=1S/C17H22N2O/c1-12(2)14-5-7-15(8-6-14)13(3)18-16-9-10-17(20)19(4)11-16/h5-13,18H,1-4H3. The summed E-state index contributed by atoms with van der Waals surface area (Å²) in [7, 11) is 1.76. The van der Waals surface area contributed by atoms with Crippen molar-refractivity contribution in [2.45, 2.75) is 32.7 Å². The van der Waals surface area contributed by atoms with Gasteiger partial charge < -0.3 is 9.88 Å². The lowest BCUT2D eigenvalue weighted by Gasteiger charge is -2.17. The largest absolute Gasteiger partial charge is 0.377 e. The summed E-state index contributed by atoms with van der Waals surface area (Å²) < 4.78 is 1.58. The Kier molecular flexibility index (Phi) is 4.28. The number of nitrogens with zero attached hydrogens (tertiary/aromatic N) is 1. The molecule has 0 aliphatic carbocycles. The van der Waals surface area contributed by atoms with Crippen LogP contribution in [0.25, 0.3) is 0 Å². The molecule has 0 aliphatic rings. The molecule has 0 saturated carbocycles. The first-order chi connectivity index (χ1) is 9.47.